The summed E-state index contributed by atoms with van der Waals surface area (Å²) < 4.78 is 25.2. The molecule has 4 unspecified atom stereocenters. The number of hydrogen-bond donors (Lipinski definition) is 0. The van der Waals surface area contributed by atoms with E-state index in [2.05, 4.69) is 135 Å². The molecule has 2 heterocycles. The average Bonchev–Trinajstić information content (AvgIpc) is 3.96. The molecule has 2 saturated heterocycles. The van der Waals surface area contributed by atoms with Crippen LogP contribution < -0.4 is 9.47 Å². The van der Waals surface area contributed by atoms with Crippen LogP contribution in [0.2, 0.25) is 0 Å². The highest BCUT2D eigenvalue weighted by Gasteiger charge is 2.37. The van der Waals surface area contributed by atoms with Crippen molar-refractivity contribution in [2.75, 3.05) is 26.4 Å². The van der Waals surface area contributed by atoms with Crippen molar-refractivity contribution in [1.29, 1.82) is 0 Å². The molecule has 2 aromatic carbocycles. The first-order valence-corrected chi connectivity index (χ1v) is 21.4. The smallest absolute Gasteiger partial charge is 0.126 e. The van der Waals surface area contributed by atoms with Crippen LogP contribution in [0.4, 0.5) is 0 Å². The van der Waals surface area contributed by atoms with Crippen LogP contribution in [0, 0.1) is 11.8 Å². The lowest BCUT2D eigenvalue weighted by molar-refractivity contribution is 0.252. The third-order valence-electron chi connectivity index (χ3n) is 11.9. The van der Waals surface area contributed by atoms with Gasteiger partial charge in [0.1, 0.15) is 11.5 Å². The first-order valence-electron chi connectivity index (χ1n) is 21.4. The summed E-state index contributed by atoms with van der Waals surface area (Å²) in [5, 5.41) is 0. The number of epoxide rings is 2. The topological polar surface area (TPSA) is 43.5 Å². The molecule has 0 spiro atoms. The van der Waals surface area contributed by atoms with Crippen molar-refractivity contribution in [2.24, 2.45) is 11.8 Å². The van der Waals surface area contributed by atoms with Crippen LogP contribution in [-0.4, -0.2) is 38.6 Å². The molecule has 53 heavy (non-hydrogen) atoms. The Bertz CT molecular complexity index is 1300. The highest BCUT2D eigenvalue weighted by atomic mass is 16.6. The van der Waals surface area contributed by atoms with E-state index in [0.717, 1.165) is 50.8 Å². The molecule has 2 fully saturated rings. The Morgan fingerprint density at radius 1 is 0.509 bits per heavy atom. The van der Waals surface area contributed by atoms with Gasteiger partial charge in [0.05, 0.1) is 38.6 Å². The van der Waals surface area contributed by atoms with Gasteiger partial charge in [-0.3, -0.25) is 0 Å². The lowest BCUT2D eigenvalue weighted by atomic mass is 9.69. The van der Waals surface area contributed by atoms with E-state index in [9.17, 15) is 0 Å². The van der Waals surface area contributed by atoms with Gasteiger partial charge in [-0.25, -0.2) is 0 Å². The molecule has 4 atom stereocenters. The molecule has 0 bridgehead atoms. The highest BCUT2D eigenvalue weighted by Crippen LogP contribution is 2.48. The average molecular weight is 733 g/mol. The van der Waals surface area contributed by atoms with Crippen molar-refractivity contribution >= 4 is 0 Å². The van der Waals surface area contributed by atoms with Crippen molar-refractivity contribution in [3.8, 4) is 11.5 Å². The molecular weight excluding hydrogens is 653 g/mol. The van der Waals surface area contributed by atoms with Gasteiger partial charge in [-0.2, -0.15) is 0 Å². The fourth-order valence-corrected chi connectivity index (χ4v) is 8.15. The minimum absolute atomic E-state index is 0.0827. The minimum Gasteiger partial charge on any atom is -0.493 e. The zero-order valence-corrected chi connectivity index (χ0v) is 37.2. The molecule has 4 nitrogen and oxygen atoms in total. The van der Waals surface area contributed by atoms with Gasteiger partial charge in [0, 0.05) is 27.7 Å². The van der Waals surface area contributed by atoms with Gasteiger partial charge in [-0.05, 0) is 83.1 Å². The first kappa shape index (κ1) is 43.7. The quantitative estimate of drug-likeness (QED) is 0.113. The molecule has 0 saturated carbocycles. The van der Waals surface area contributed by atoms with Gasteiger partial charge in [-0.15, -0.1) is 0 Å². The Morgan fingerprint density at radius 2 is 0.792 bits per heavy atom. The molecule has 0 radical (unpaired) electrons. The third kappa shape index (κ3) is 11.5. The Hall–Kier alpha value is -2.04. The van der Waals surface area contributed by atoms with E-state index in [1.807, 2.05) is 0 Å². The van der Waals surface area contributed by atoms with Gasteiger partial charge >= 0.3 is 0 Å². The molecule has 0 aliphatic carbocycles. The largest absolute Gasteiger partial charge is 0.493 e. The zero-order valence-electron chi connectivity index (χ0n) is 37.2. The van der Waals surface area contributed by atoms with Crippen LogP contribution in [0.3, 0.4) is 0 Å². The standard InChI is InChI=1S/C49H80O4/c1-17-21-33(41-31-52-41)23-19-25-50-43-37(45(3,4)5)27-35(28-38(43)46(6,7)8)49(15,16)36-29-39(47(9,10)11)44(40(30-36)48(12,13)14)51-26-20-24-34(22-18-2)42-32-53-42/h27-30,33-34,41-42H,17-26,31-32H2,1-16H3. The van der Waals surface area contributed by atoms with E-state index >= 15 is 0 Å². The summed E-state index contributed by atoms with van der Waals surface area (Å²) >= 11 is 0. The van der Waals surface area contributed by atoms with E-state index in [1.54, 1.807) is 0 Å². The second kappa shape index (κ2) is 17.0. The summed E-state index contributed by atoms with van der Waals surface area (Å²) in [5.74, 6) is 3.49. The van der Waals surface area contributed by atoms with Crippen LogP contribution in [0.5, 0.6) is 11.5 Å². The fraction of sp³-hybridized carbons (Fsp3) is 0.755. The van der Waals surface area contributed by atoms with Crippen LogP contribution in [0.1, 0.15) is 196 Å². The molecule has 0 N–H and O–H groups in total. The molecule has 0 amide bonds. The van der Waals surface area contributed by atoms with Gasteiger partial charge in [0.2, 0.25) is 0 Å². The second-order valence-electron chi connectivity index (χ2n) is 21.2. The molecule has 0 aromatic heterocycles. The van der Waals surface area contributed by atoms with Crippen molar-refractivity contribution in [1.82, 2.24) is 0 Å². The Balaban J connectivity index is 1.73. The van der Waals surface area contributed by atoms with E-state index < -0.39 is 0 Å². The summed E-state index contributed by atoms with van der Waals surface area (Å²) in [6.45, 7) is 40.8. The molecule has 300 valence electrons. The first-order chi connectivity index (χ1) is 24.5. The molecular formula is C49H80O4. The summed E-state index contributed by atoms with van der Waals surface area (Å²) in [6.07, 6.45) is 10.3. The summed E-state index contributed by atoms with van der Waals surface area (Å²) in [5.41, 5.74) is 7.29. The maximum Gasteiger partial charge on any atom is 0.126 e. The van der Waals surface area contributed by atoms with E-state index in [1.165, 1.54) is 71.9 Å². The lowest BCUT2D eigenvalue weighted by Crippen LogP contribution is -2.27. The SMILES string of the molecule is CCCC(CCCOc1c(C(C)(C)C)cc(C(C)(C)c2cc(C(C)(C)C)c(OCCCC(CCC)C3CO3)c(C(C)(C)C)c2)cc1C(C)(C)C)C1CO1. The minimum atomic E-state index is -0.258. The Kier molecular flexibility index (Phi) is 14.0. The summed E-state index contributed by atoms with van der Waals surface area (Å²) in [6, 6.07) is 9.88. The normalized spacial score (nSPS) is 19.2. The van der Waals surface area contributed by atoms with Gasteiger partial charge in [0.25, 0.3) is 0 Å². The fourth-order valence-electron chi connectivity index (χ4n) is 8.15. The number of benzene rings is 2. The Labute approximate surface area is 326 Å². The zero-order chi connectivity index (χ0) is 39.6. The molecule has 2 aliphatic rings. The van der Waals surface area contributed by atoms with Crippen LogP contribution in [-0.2, 0) is 36.5 Å². The molecule has 4 rings (SSSR count). The number of ether oxygens (including phenoxy) is 4. The summed E-state index contributed by atoms with van der Waals surface area (Å²) in [4.78, 5) is 0. The summed E-state index contributed by atoms with van der Waals surface area (Å²) in [7, 11) is 0. The monoisotopic (exact) mass is 733 g/mol. The predicted octanol–water partition coefficient (Wildman–Crippen LogP) is 13.2. The van der Waals surface area contributed by atoms with Gasteiger partial charge in [-0.1, -0.05) is 148 Å². The molecule has 4 heteroatoms. The second-order valence-corrected chi connectivity index (χ2v) is 21.2. The maximum absolute atomic E-state index is 6.89. The van der Waals surface area contributed by atoms with E-state index in [-0.39, 0.29) is 27.1 Å². The molecule has 2 aromatic rings. The van der Waals surface area contributed by atoms with Crippen LogP contribution in [0.15, 0.2) is 24.3 Å². The van der Waals surface area contributed by atoms with Gasteiger partial charge < -0.3 is 18.9 Å². The van der Waals surface area contributed by atoms with Crippen LogP contribution >= 0.6 is 0 Å². The highest BCUT2D eigenvalue weighted by molar-refractivity contribution is 5.57. The Morgan fingerprint density at radius 3 is 1.02 bits per heavy atom. The van der Waals surface area contributed by atoms with Gasteiger partial charge in [0.15, 0.2) is 0 Å². The lowest BCUT2D eigenvalue weighted by Gasteiger charge is -2.37. The number of hydrogen-bond acceptors (Lipinski definition) is 4. The van der Waals surface area contributed by atoms with Crippen LogP contribution in [0.25, 0.3) is 0 Å². The van der Waals surface area contributed by atoms with E-state index in [0.29, 0.717) is 24.0 Å². The third-order valence-corrected chi connectivity index (χ3v) is 11.9. The number of rotatable bonds is 18. The van der Waals surface area contributed by atoms with E-state index in [4.69, 9.17) is 18.9 Å². The van der Waals surface area contributed by atoms with Crippen molar-refractivity contribution in [3.63, 3.8) is 0 Å². The molecule has 2 aliphatic heterocycles. The maximum atomic E-state index is 6.89. The van der Waals surface area contributed by atoms with Crippen molar-refractivity contribution in [2.45, 2.75) is 201 Å². The van der Waals surface area contributed by atoms with Crippen molar-refractivity contribution < 1.29 is 18.9 Å². The van der Waals surface area contributed by atoms with Crippen molar-refractivity contribution in [3.05, 3.63) is 57.6 Å². The predicted molar refractivity (Wildman–Crippen MR) is 226 cm³/mol.